The zero-order chi connectivity index (χ0) is 39.6. The molecular weight excluding hydrogens is 701 g/mol. The van der Waals surface area contributed by atoms with Crippen molar-refractivity contribution < 1.29 is 37.6 Å². The highest BCUT2D eigenvalue weighted by atomic mass is 31.2. The Balaban J connectivity index is 4.32. The second kappa shape index (κ2) is 40.6. The number of ether oxygens (including phenoxy) is 2. The van der Waals surface area contributed by atoms with E-state index in [9.17, 15) is 19.0 Å². The molecule has 2 unspecified atom stereocenters. The molecule has 314 valence electrons. The molecule has 0 bridgehead atoms. The smallest absolute Gasteiger partial charge is 0.462 e. The third-order valence-corrected chi connectivity index (χ3v) is 9.94. The van der Waals surface area contributed by atoms with E-state index in [2.05, 4.69) is 67.8 Å². The van der Waals surface area contributed by atoms with Gasteiger partial charge in [0.2, 0.25) is 0 Å². The first-order valence-electron chi connectivity index (χ1n) is 21.6. The van der Waals surface area contributed by atoms with Gasteiger partial charge in [0.25, 0.3) is 0 Å². The molecule has 0 amide bonds. The molecule has 0 aromatic heterocycles. The van der Waals surface area contributed by atoms with Gasteiger partial charge in [-0.3, -0.25) is 18.6 Å². The van der Waals surface area contributed by atoms with E-state index in [0.717, 1.165) is 38.5 Å². The molecule has 0 fully saturated rings. The summed E-state index contributed by atoms with van der Waals surface area (Å²) in [6, 6.07) is 0. The molecule has 0 saturated heterocycles. The maximum Gasteiger partial charge on any atom is 0.472 e. The molecule has 0 rings (SSSR count). The second-order valence-electron chi connectivity index (χ2n) is 14.2. The number of hydrogen-bond donors (Lipinski definition) is 2. The lowest BCUT2D eigenvalue weighted by Gasteiger charge is -2.20. The van der Waals surface area contributed by atoms with Gasteiger partial charge in [0.1, 0.15) is 6.61 Å². The summed E-state index contributed by atoms with van der Waals surface area (Å²) in [7, 11) is -2.66. The third kappa shape index (κ3) is 39.7. The average Bonchev–Trinajstić information content (AvgIpc) is 3.15. The van der Waals surface area contributed by atoms with Gasteiger partial charge in [0.05, 0.1) is 13.2 Å². The summed E-state index contributed by atoms with van der Waals surface area (Å²) in [6.45, 7) is 4.14. The number of rotatable bonds is 40. The van der Waals surface area contributed by atoms with Crippen molar-refractivity contribution in [3.8, 4) is 0 Å². The minimum absolute atomic E-state index is 0.0254. The van der Waals surface area contributed by atoms with Crippen LogP contribution in [-0.4, -0.2) is 56.3 Å². The maximum atomic E-state index is 12.6. The summed E-state index contributed by atoms with van der Waals surface area (Å²) in [5, 5.41) is 2.82. The summed E-state index contributed by atoms with van der Waals surface area (Å²) in [5.74, 6) is -0.870. The van der Waals surface area contributed by atoms with Gasteiger partial charge in [0.15, 0.2) is 6.10 Å². The normalized spacial score (nSPS) is 13.8. The molecular formula is C44H80NO8P. The molecule has 0 heterocycles. The molecule has 9 nitrogen and oxygen atoms in total. The molecule has 2 atom stereocenters. The summed E-state index contributed by atoms with van der Waals surface area (Å²) in [5.41, 5.74) is 0. The number of nitrogens with one attached hydrogen (secondary N) is 1. The number of likely N-dealkylation sites (N-methyl/N-ethyl adjacent to an activating group) is 1. The molecule has 0 aromatic carbocycles. The van der Waals surface area contributed by atoms with E-state index in [4.69, 9.17) is 18.5 Å². The summed E-state index contributed by atoms with van der Waals surface area (Å²) < 4.78 is 33.1. The highest BCUT2D eigenvalue weighted by molar-refractivity contribution is 7.47. The lowest BCUT2D eigenvalue weighted by molar-refractivity contribution is -0.161. The van der Waals surface area contributed by atoms with Crippen LogP contribution in [0, 0.1) is 0 Å². The molecule has 2 N–H and O–H groups in total. The van der Waals surface area contributed by atoms with Gasteiger partial charge in [0, 0.05) is 19.4 Å². The van der Waals surface area contributed by atoms with E-state index in [1.54, 1.807) is 7.05 Å². The minimum atomic E-state index is -4.36. The van der Waals surface area contributed by atoms with Crippen molar-refractivity contribution >= 4 is 19.8 Å². The quantitative estimate of drug-likeness (QED) is 0.0271. The summed E-state index contributed by atoms with van der Waals surface area (Å²) in [6.07, 6.45) is 44.4. The number of hydrogen-bond acceptors (Lipinski definition) is 8. The highest BCUT2D eigenvalue weighted by Gasteiger charge is 2.26. The number of phosphoric acid groups is 1. The largest absolute Gasteiger partial charge is 0.472 e. The van der Waals surface area contributed by atoms with Gasteiger partial charge >= 0.3 is 19.8 Å². The van der Waals surface area contributed by atoms with Crippen LogP contribution in [0.5, 0.6) is 0 Å². The Morgan fingerprint density at radius 1 is 0.574 bits per heavy atom. The van der Waals surface area contributed by atoms with Crippen LogP contribution >= 0.6 is 7.82 Å². The summed E-state index contributed by atoms with van der Waals surface area (Å²) in [4.78, 5) is 35.0. The van der Waals surface area contributed by atoms with Crippen molar-refractivity contribution in [2.75, 3.05) is 33.4 Å². The van der Waals surface area contributed by atoms with E-state index < -0.39 is 32.5 Å². The molecule has 0 spiro atoms. The van der Waals surface area contributed by atoms with Crippen molar-refractivity contribution in [2.45, 2.75) is 187 Å². The van der Waals surface area contributed by atoms with Crippen LogP contribution in [0.4, 0.5) is 0 Å². The maximum absolute atomic E-state index is 12.6. The van der Waals surface area contributed by atoms with Gasteiger partial charge < -0.3 is 19.7 Å². The zero-order valence-electron chi connectivity index (χ0n) is 34.7. The Labute approximate surface area is 330 Å². The third-order valence-electron chi connectivity index (χ3n) is 8.95. The number of allylic oxidation sites excluding steroid dienone is 8. The molecule has 0 radical (unpaired) electrons. The number of carbonyl (C=O) groups is 2. The lowest BCUT2D eigenvalue weighted by Crippen LogP contribution is -2.29. The van der Waals surface area contributed by atoms with Crippen molar-refractivity contribution in [1.29, 1.82) is 0 Å². The van der Waals surface area contributed by atoms with Crippen LogP contribution in [0.15, 0.2) is 48.6 Å². The predicted molar refractivity (Wildman–Crippen MR) is 224 cm³/mol. The molecule has 0 aliphatic heterocycles. The molecule has 0 saturated carbocycles. The van der Waals surface area contributed by atoms with E-state index in [1.165, 1.54) is 103 Å². The Morgan fingerprint density at radius 2 is 1.02 bits per heavy atom. The Hall–Kier alpha value is -2.03. The highest BCUT2D eigenvalue weighted by Crippen LogP contribution is 2.43. The number of phosphoric ester groups is 1. The molecule has 0 aliphatic rings. The SMILES string of the molecule is CCCCC/C=C\C/C=C\C/C=C\C/C=C\CCCC(=O)OCC(COP(=O)(O)OCCNC)OC(=O)CCCCCCCCCCCCCCCCC. The molecule has 10 heteroatoms. The fraction of sp³-hybridized carbons (Fsp3) is 0.773. The van der Waals surface area contributed by atoms with Crippen LogP contribution in [0.2, 0.25) is 0 Å². The van der Waals surface area contributed by atoms with Crippen molar-refractivity contribution in [2.24, 2.45) is 0 Å². The van der Waals surface area contributed by atoms with Crippen LogP contribution in [0.3, 0.4) is 0 Å². The van der Waals surface area contributed by atoms with Crippen molar-refractivity contribution in [3.05, 3.63) is 48.6 Å². The predicted octanol–water partition coefficient (Wildman–Crippen LogP) is 12.2. The first kappa shape index (κ1) is 52.0. The van der Waals surface area contributed by atoms with Gasteiger partial charge in [-0.25, -0.2) is 4.57 Å². The van der Waals surface area contributed by atoms with E-state index >= 15 is 0 Å². The van der Waals surface area contributed by atoms with Crippen molar-refractivity contribution in [3.63, 3.8) is 0 Å². The Kier molecular flexibility index (Phi) is 39.1. The molecule has 0 aliphatic carbocycles. The van der Waals surface area contributed by atoms with Gasteiger partial charge in [-0.1, -0.05) is 165 Å². The summed E-state index contributed by atoms with van der Waals surface area (Å²) >= 11 is 0. The monoisotopic (exact) mass is 782 g/mol. The molecule has 0 aromatic rings. The van der Waals surface area contributed by atoms with Crippen LogP contribution in [0.25, 0.3) is 0 Å². The average molecular weight is 782 g/mol. The minimum Gasteiger partial charge on any atom is -0.462 e. The van der Waals surface area contributed by atoms with Crippen LogP contribution in [0.1, 0.15) is 181 Å². The number of carbonyl (C=O) groups excluding carboxylic acids is 2. The number of unbranched alkanes of at least 4 members (excludes halogenated alkanes) is 18. The van der Waals surface area contributed by atoms with E-state index in [0.29, 0.717) is 19.4 Å². The fourth-order valence-corrected chi connectivity index (χ4v) is 6.41. The second-order valence-corrected chi connectivity index (χ2v) is 15.6. The standard InChI is InChI=1S/C44H80NO8P/c1-4-6-8-10-12-14-16-18-20-21-23-24-26-28-30-32-34-36-43(46)50-40-42(41-52-54(48,49)51-39-38-45-3)53-44(47)37-35-33-31-29-27-25-22-19-17-15-13-11-9-7-5-2/h12,14,18,20,23-24,28,30,42,45H,4-11,13,15-17,19,21-22,25-27,29,31-41H2,1-3H3,(H,48,49)/b14-12-,20-18-,24-23-,30-28-. The van der Waals surface area contributed by atoms with Crippen LogP contribution in [-0.2, 0) is 32.7 Å². The lowest BCUT2D eigenvalue weighted by atomic mass is 10.0. The van der Waals surface area contributed by atoms with Crippen LogP contribution < -0.4 is 5.32 Å². The zero-order valence-corrected chi connectivity index (χ0v) is 35.6. The molecule has 54 heavy (non-hydrogen) atoms. The van der Waals surface area contributed by atoms with Gasteiger partial charge in [-0.05, 0) is 58.4 Å². The first-order valence-corrected chi connectivity index (χ1v) is 23.1. The van der Waals surface area contributed by atoms with E-state index in [-0.39, 0.29) is 26.1 Å². The Morgan fingerprint density at radius 3 is 1.54 bits per heavy atom. The van der Waals surface area contributed by atoms with Gasteiger partial charge in [-0.2, -0.15) is 0 Å². The number of esters is 2. The van der Waals surface area contributed by atoms with E-state index in [1.807, 2.05) is 0 Å². The van der Waals surface area contributed by atoms with Crippen molar-refractivity contribution in [1.82, 2.24) is 5.32 Å². The fourth-order valence-electron chi connectivity index (χ4n) is 5.66. The topological polar surface area (TPSA) is 120 Å². The first-order chi connectivity index (χ1) is 26.3. The Bertz CT molecular complexity index is 1030. The van der Waals surface area contributed by atoms with Gasteiger partial charge in [-0.15, -0.1) is 0 Å².